The number of nitrogens with zero attached hydrogens (tertiary/aromatic N) is 1. The zero-order valence-corrected chi connectivity index (χ0v) is 12.5. The molecule has 0 aromatic carbocycles. The predicted molar refractivity (Wildman–Crippen MR) is 75.7 cm³/mol. The zero-order chi connectivity index (χ0) is 13.8. The molecule has 0 spiro atoms. The monoisotopic (exact) mass is 258 g/mol. The van der Waals surface area contributed by atoms with E-state index in [4.69, 9.17) is 4.74 Å². The van der Waals surface area contributed by atoms with Crippen LogP contribution in [0.2, 0.25) is 0 Å². The molecule has 0 aliphatic heterocycles. The Balaban J connectivity index is 4.29. The van der Waals surface area contributed by atoms with Crippen molar-refractivity contribution in [2.75, 3.05) is 32.8 Å². The van der Waals surface area contributed by atoms with Gasteiger partial charge in [-0.2, -0.15) is 0 Å². The molecule has 0 rings (SSSR count). The normalized spacial score (nSPS) is 12.7. The van der Waals surface area contributed by atoms with E-state index in [-0.39, 0.29) is 12.0 Å². The van der Waals surface area contributed by atoms with Gasteiger partial charge >= 0.3 is 5.97 Å². The molecular weight excluding hydrogens is 228 g/mol. The van der Waals surface area contributed by atoms with Gasteiger partial charge in [-0.05, 0) is 39.4 Å². The lowest BCUT2D eigenvalue weighted by molar-refractivity contribution is -0.146. The van der Waals surface area contributed by atoms with Gasteiger partial charge in [0.2, 0.25) is 0 Å². The Labute approximate surface area is 112 Å². The first kappa shape index (κ1) is 17.4. The van der Waals surface area contributed by atoms with Gasteiger partial charge in [0.1, 0.15) is 6.04 Å². The van der Waals surface area contributed by atoms with Crippen LogP contribution in [0.1, 0.15) is 47.0 Å². The largest absolute Gasteiger partial charge is 0.465 e. The van der Waals surface area contributed by atoms with E-state index < -0.39 is 0 Å². The Hall–Kier alpha value is -0.610. The maximum Gasteiger partial charge on any atom is 0.324 e. The van der Waals surface area contributed by atoms with Crippen LogP contribution in [0.5, 0.6) is 0 Å². The quantitative estimate of drug-likeness (QED) is 0.576. The molecule has 1 N–H and O–H groups in total. The van der Waals surface area contributed by atoms with Crippen molar-refractivity contribution in [3.05, 3.63) is 0 Å². The van der Waals surface area contributed by atoms with Crippen molar-refractivity contribution in [2.24, 2.45) is 0 Å². The number of rotatable bonds is 11. The standard InChI is InChI=1S/C14H30N2O2/c1-5-9-11-16(7-3)12-13(15-10-6-2)14(17)18-8-4/h13,15H,5-12H2,1-4H3. The number of likely N-dealkylation sites (N-methyl/N-ethyl adjacent to an activating group) is 1. The average molecular weight is 258 g/mol. The van der Waals surface area contributed by atoms with Gasteiger partial charge in [0.15, 0.2) is 0 Å². The molecule has 0 heterocycles. The minimum atomic E-state index is -0.193. The zero-order valence-electron chi connectivity index (χ0n) is 12.5. The highest BCUT2D eigenvalue weighted by Gasteiger charge is 2.21. The van der Waals surface area contributed by atoms with E-state index in [0.717, 1.165) is 32.6 Å². The topological polar surface area (TPSA) is 41.6 Å². The summed E-state index contributed by atoms with van der Waals surface area (Å²) < 4.78 is 5.12. The highest BCUT2D eigenvalue weighted by molar-refractivity contribution is 5.76. The SMILES string of the molecule is CCCCN(CC)CC(NCCC)C(=O)OCC. The van der Waals surface area contributed by atoms with Crippen molar-refractivity contribution in [3.63, 3.8) is 0 Å². The van der Waals surface area contributed by atoms with Crippen molar-refractivity contribution < 1.29 is 9.53 Å². The molecule has 4 heteroatoms. The van der Waals surface area contributed by atoms with Crippen molar-refractivity contribution >= 4 is 5.97 Å². The molecule has 18 heavy (non-hydrogen) atoms. The maximum absolute atomic E-state index is 11.9. The summed E-state index contributed by atoms with van der Waals surface area (Å²) in [6.45, 7) is 12.4. The number of hydrogen-bond donors (Lipinski definition) is 1. The molecule has 0 saturated carbocycles. The van der Waals surface area contributed by atoms with Crippen molar-refractivity contribution in [1.82, 2.24) is 10.2 Å². The van der Waals surface area contributed by atoms with Gasteiger partial charge < -0.3 is 15.0 Å². The summed E-state index contributed by atoms with van der Waals surface area (Å²) in [6, 6.07) is -0.193. The molecule has 0 aliphatic rings. The Morgan fingerprint density at radius 2 is 1.94 bits per heavy atom. The van der Waals surface area contributed by atoms with Crippen molar-refractivity contribution in [1.29, 1.82) is 0 Å². The van der Waals surface area contributed by atoms with Crippen LogP contribution in [0, 0.1) is 0 Å². The molecule has 0 fully saturated rings. The van der Waals surface area contributed by atoms with Crippen LogP contribution in [0.3, 0.4) is 0 Å². The summed E-state index contributed by atoms with van der Waals surface area (Å²) >= 11 is 0. The number of carbonyl (C=O) groups is 1. The highest BCUT2D eigenvalue weighted by Crippen LogP contribution is 1.99. The summed E-state index contributed by atoms with van der Waals surface area (Å²) in [7, 11) is 0. The molecular formula is C14H30N2O2. The summed E-state index contributed by atoms with van der Waals surface area (Å²) in [6.07, 6.45) is 3.39. The minimum absolute atomic E-state index is 0.124. The molecule has 1 atom stereocenters. The average Bonchev–Trinajstić information content (AvgIpc) is 2.38. The van der Waals surface area contributed by atoms with Crippen LogP contribution in [-0.4, -0.2) is 49.7 Å². The fourth-order valence-electron chi connectivity index (χ4n) is 1.80. The van der Waals surface area contributed by atoms with Crippen LogP contribution in [-0.2, 0) is 9.53 Å². The van der Waals surface area contributed by atoms with E-state index in [0.29, 0.717) is 6.61 Å². The van der Waals surface area contributed by atoms with Gasteiger partial charge in [0, 0.05) is 6.54 Å². The first-order chi connectivity index (χ1) is 8.69. The molecule has 4 nitrogen and oxygen atoms in total. The van der Waals surface area contributed by atoms with Crippen LogP contribution in [0.25, 0.3) is 0 Å². The van der Waals surface area contributed by atoms with E-state index in [1.807, 2.05) is 6.92 Å². The maximum atomic E-state index is 11.9. The summed E-state index contributed by atoms with van der Waals surface area (Å²) in [5.41, 5.74) is 0. The predicted octanol–water partition coefficient (Wildman–Crippen LogP) is 2.04. The van der Waals surface area contributed by atoms with Gasteiger partial charge in [-0.3, -0.25) is 4.79 Å². The van der Waals surface area contributed by atoms with Gasteiger partial charge in [0.05, 0.1) is 6.61 Å². The third-order valence-electron chi connectivity index (χ3n) is 2.93. The third-order valence-corrected chi connectivity index (χ3v) is 2.93. The summed E-state index contributed by atoms with van der Waals surface area (Å²) in [4.78, 5) is 14.2. The summed E-state index contributed by atoms with van der Waals surface area (Å²) in [5.74, 6) is -0.124. The number of hydrogen-bond acceptors (Lipinski definition) is 4. The van der Waals surface area contributed by atoms with Crippen LogP contribution in [0.4, 0.5) is 0 Å². The molecule has 1 unspecified atom stereocenters. The first-order valence-electron chi connectivity index (χ1n) is 7.31. The Bertz CT molecular complexity index is 210. The fourth-order valence-corrected chi connectivity index (χ4v) is 1.80. The third kappa shape index (κ3) is 7.67. The second kappa shape index (κ2) is 11.5. The second-order valence-electron chi connectivity index (χ2n) is 4.51. The van der Waals surface area contributed by atoms with Crippen LogP contribution < -0.4 is 5.32 Å². The number of nitrogens with one attached hydrogen (secondary N) is 1. The van der Waals surface area contributed by atoms with Gasteiger partial charge in [-0.15, -0.1) is 0 Å². The molecule has 0 aromatic rings. The number of unbranched alkanes of at least 4 members (excludes halogenated alkanes) is 1. The molecule has 0 aromatic heterocycles. The minimum Gasteiger partial charge on any atom is -0.465 e. The lowest BCUT2D eigenvalue weighted by atomic mass is 10.2. The fraction of sp³-hybridized carbons (Fsp3) is 0.929. The number of ether oxygens (including phenoxy) is 1. The van der Waals surface area contributed by atoms with Gasteiger partial charge in [-0.1, -0.05) is 27.2 Å². The molecule has 0 saturated heterocycles. The second-order valence-corrected chi connectivity index (χ2v) is 4.51. The lowest BCUT2D eigenvalue weighted by Crippen LogP contribution is -2.47. The molecule has 108 valence electrons. The first-order valence-corrected chi connectivity index (χ1v) is 7.31. The molecule has 0 bridgehead atoms. The summed E-state index contributed by atoms with van der Waals surface area (Å²) in [5, 5.41) is 3.28. The smallest absolute Gasteiger partial charge is 0.324 e. The molecule has 0 radical (unpaired) electrons. The Morgan fingerprint density at radius 1 is 1.22 bits per heavy atom. The van der Waals surface area contributed by atoms with E-state index in [9.17, 15) is 4.79 Å². The van der Waals surface area contributed by atoms with Crippen molar-refractivity contribution in [3.8, 4) is 0 Å². The number of esters is 1. The van der Waals surface area contributed by atoms with E-state index >= 15 is 0 Å². The Morgan fingerprint density at radius 3 is 2.44 bits per heavy atom. The molecule has 0 amide bonds. The molecule has 0 aliphatic carbocycles. The van der Waals surface area contributed by atoms with E-state index in [1.54, 1.807) is 0 Å². The highest BCUT2D eigenvalue weighted by atomic mass is 16.5. The van der Waals surface area contributed by atoms with Crippen LogP contribution >= 0.6 is 0 Å². The lowest BCUT2D eigenvalue weighted by Gasteiger charge is -2.25. The Kier molecular flexibility index (Phi) is 11.1. The number of carbonyl (C=O) groups excluding carboxylic acids is 1. The van der Waals surface area contributed by atoms with Gasteiger partial charge in [0.25, 0.3) is 0 Å². The van der Waals surface area contributed by atoms with Crippen molar-refractivity contribution in [2.45, 2.75) is 53.0 Å². The van der Waals surface area contributed by atoms with E-state index in [2.05, 4.69) is 31.0 Å². The van der Waals surface area contributed by atoms with Crippen LogP contribution in [0.15, 0.2) is 0 Å². The van der Waals surface area contributed by atoms with Gasteiger partial charge in [-0.25, -0.2) is 0 Å². The van der Waals surface area contributed by atoms with E-state index in [1.165, 1.54) is 12.8 Å².